The smallest absolute Gasteiger partial charge is 0.163 e. The summed E-state index contributed by atoms with van der Waals surface area (Å²) in [6.07, 6.45) is 9.70. The lowest BCUT2D eigenvalue weighted by Crippen LogP contribution is -2.20. The van der Waals surface area contributed by atoms with Crippen molar-refractivity contribution in [3.8, 4) is 12.1 Å². The fourth-order valence-corrected chi connectivity index (χ4v) is 3.68. The van der Waals surface area contributed by atoms with Crippen LogP contribution in [-0.2, 0) is 4.79 Å². The quantitative estimate of drug-likeness (QED) is 0.245. The highest BCUT2D eigenvalue weighted by molar-refractivity contribution is 14.1. The number of nitriles is 2. The molecule has 0 spiro atoms. The summed E-state index contributed by atoms with van der Waals surface area (Å²) >= 11 is 2.02. The minimum atomic E-state index is 0.0784. The largest absolute Gasteiger partial charge is 0.294 e. The number of allylic oxidation sites excluding steroid dienone is 3. The Hall–Kier alpha value is -1.14. The van der Waals surface area contributed by atoms with Crippen LogP contribution in [0.3, 0.4) is 0 Å². The molecule has 0 aromatic heterocycles. The van der Waals surface area contributed by atoms with Gasteiger partial charge < -0.3 is 0 Å². The third kappa shape index (κ3) is 5.57. The molecule has 1 aliphatic rings. The maximum absolute atomic E-state index is 12.2. The minimum absolute atomic E-state index is 0.0784. The molecule has 0 N–H and O–H groups in total. The van der Waals surface area contributed by atoms with Crippen molar-refractivity contribution in [1.82, 2.24) is 0 Å². The number of rotatable bonds is 7. The molecular weight excluding hydrogens is 387 g/mol. The number of Topliss-reactive ketones (excluding diaryl/α,β-unsaturated/α-hetero) is 1. The molecule has 1 aliphatic carbocycles. The molecule has 0 bridgehead atoms. The van der Waals surface area contributed by atoms with Crippen LogP contribution in [0.4, 0.5) is 0 Å². The normalized spacial score (nSPS) is 19.8. The second-order valence-electron chi connectivity index (χ2n) is 5.85. The highest BCUT2D eigenvalue weighted by Crippen LogP contribution is 2.35. The summed E-state index contributed by atoms with van der Waals surface area (Å²) in [6.45, 7) is 2.21. The minimum Gasteiger partial charge on any atom is -0.294 e. The molecular formula is C18H23IN2O. The fourth-order valence-electron chi connectivity index (χ4n) is 2.95. The SMILES string of the molecule is CCCCCCCCC1CC(=O)/C(=C\I)C(=C(C#N)C#N)C1. The van der Waals surface area contributed by atoms with Crippen LogP contribution in [0.15, 0.2) is 20.8 Å². The van der Waals surface area contributed by atoms with Gasteiger partial charge in [0.2, 0.25) is 0 Å². The van der Waals surface area contributed by atoms with Crippen molar-refractivity contribution in [3.63, 3.8) is 0 Å². The maximum Gasteiger partial charge on any atom is 0.163 e. The predicted molar refractivity (Wildman–Crippen MR) is 96.1 cm³/mol. The van der Waals surface area contributed by atoms with Gasteiger partial charge in [0.1, 0.15) is 17.7 Å². The zero-order chi connectivity index (χ0) is 16.4. The summed E-state index contributed by atoms with van der Waals surface area (Å²) in [4.78, 5) is 12.2. The van der Waals surface area contributed by atoms with E-state index in [0.29, 0.717) is 24.0 Å². The third-order valence-corrected chi connectivity index (χ3v) is 4.82. The molecule has 0 aliphatic heterocycles. The molecule has 0 saturated heterocycles. The van der Waals surface area contributed by atoms with Crippen LogP contribution in [0.1, 0.15) is 64.7 Å². The van der Waals surface area contributed by atoms with Crippen molar-refractivity contribution in [2.24, 2.45) is 5.92 Å². The van der Waals surface area contributed by atoms with Crippen molar-refractivity contribution in [3.05, 3.63) is 20.8 Å². The summed E-state index contributed by atoms with van der Waals surface area (Å²) in [5, 5.41) is 18.2. The van der Waals surface area contributed by atoms with Gasteiger partial charge in [-0.1, -0.05) is 68.0 Å². The van der Waals surface area contributed by atoms with Gasteiger partial charge in [0.05, 0.1) is 0 Å². The highest BCUT2D eigenvalue weighted by atomic mass is 127. The van der Waals surface area contributed by atoms with Crippen molar-refractivity contribution < 1.29 is 4.79 Å². The second kappa shape index (κ2) is 10.6. The number of halogens is 1. The Balaban J connectivity index is 2.63. The zero-order valence-corrected chi connectivity index (χ0v) is 15.4. The lowest BCUT2D eigenvalue weighted by Gasteiger charge is -2.25. The van der Waals surface area contributed by atoms with Gasteiger partial charge >= 0.3 is 0 Å². The van der Waals surface area contributed by atoms with Crippen LogP contribution in [0, 0.1) is 28.6 Å². The number of hydrogen-bond acceptors (Lipinski definition) is 3. The lowest BCUT2D eigenvalue weighted by molar-refractivity contribution is -0.116. The van der Waals surface area contributed by atoms with E-state index in [-0.39, 0.29) is 17.3 Å². The van der Waals surface area contributed by atoms with Crippen LogP contribution in [0.25, 0.3) is 0 Å². The van der Waals surface area contributed by atoms with E-state index in [0.717, 1.165) is 12.8 Å². The van der Waals surface area contributed by atoms with E-state index >= 15 is 0 Å². The molecule has 0 aromatic rings. The van der Waals surface area contributed by atoms with E-state index in [2.05, 4.69) is 6.92 Å². The first kappa shape index (κ1) is 18.9. The Bertz CT molecular complexity index is 518. The van der Waals surface area contributed by atoms with Crippen LogP contribution in [0.2, 0.25) is 0 Å². The number of ketones is 1. The molecule has 22 heavy (non-hydrogen) atoms. The lowest BCUT2D eigenvalue weighted by atomic mass is 9.78. The number of hydrogen-bond donors (Lipinski definition) is 0. The molecule has 4 heteroatoms. The van der Waals surface area contributed by atoms with Crippen LogP contribution in [0.5, 0.6) is 0 Å². The molecule has 1 rings (SSSR count). The maximum atomic E-state index is 12.2. The fraction of sp³-hybridized carbons (Fsp3) is 0.611. The first-order valence-electron chi connectivity index (χ1n) is 8.05. The molecule has 0 radical (unpaired) electrons. The summed E-state index contributed by atoms with van der Waals surface area (Å²) in [7, 11) is 0. The van der Waals surface area contributed by atoms with Crippen molar-refractivity contribution >= 4 is 28.4 Å². The monoisotopic (exact) mass is 410 g/mol. The molecule has 0 aromatic carbocycles. The Morgan fingerprint density at radius 1 is 1.18 bits per heavy atom. The average molecular weight is 410 g/mol. The van der Waals surface area contributed by atoms with Gasteiger partial charge in [0.25, 0.3) is 0 Å². The van der Waals surface area contributed by atoms with E-state index in [1.54, 1.807) is 4.08 Å². The first-order chi connectivity index (χ1) is 10.7. The van der Waals surface area contributed by atoms with Crippen LogP contribution >= 0.6 is 22.6 Å². The highest BCUT2D eigenvalue weighted by Gasteiger charge is 2.29. The number of carbonyl (C=O) groups excluding carboxylic acids is 1. The van der Waals surface area contributed by atoms with Crippen molar-refractivity contribution in [2.75, 3.05) is 0 Å². The van der Waals surface area contributed by atoms with E-state index in [1.807, 2.05) is 34.7 Å². The summed E-state index contributed by atoms with van der Waals surface area (Å²) < 4.78 is 1.71. The number of carbonyl (C=O) groups is 1. The molecule has 118 valence electrons. The molecule has 1 saturated carbocycles. The molecule has 1 atom stereocenters. The van der Waals surface area contributed by atoms with Crippen LogP contribution in [-0.4, -0.2) is 5.78 Å². The Morgan fingerprint density at radius 3 is 2.41 bits per heavy atom. The van der Waals surface area contributed by atoms with Crippen molar-refractivity contribution in [2.45, 2.75) is 64.7 Å². The Morgan fingerprint density at radius 2 is 1.82 bits per heavy atom. The van der Waals surface area contributed by atoms with Gasteiger partial charge in [-0.05, 0) is 28.4 Å². The molecule has 3 nitrogen and oxygen atoms in total. The van der Waals surface area contributed by atoms with Crippen LogP contribution < -0.4 is 0 Å². The van der Waals surface area contributed by atoms with Crippen molar-refractivity contribution in [1.29, 1.82) is 10.5 Å². The third-order valence-electron chi connectivity index (χ3n) is 4.19. The summed E-state index contributed by atoms with van der Waals surface area (Å²) in [5.41, 5.74) is 1.33. The summed E-state index contributed by atoms with van der Waals surface area (Å²) in [6, 6.07) is 3.88. The van der Waals surface area contributed by atoms with Gasteiger partial charge in [-0.3, -0.25) is 4.79 Å². The molecule has 0 amide bonds. The van der Waals surface area contributed by atoms with Gasteiger partial charge in [-0.25, -0.2) is 0 Å². The van der Waals surface area contributed by atoms with Gasteiger partial charge in [-0.15, -0.1) is 0 Å². The summed E-state index contributed by atoms with van der Waals surface area (Å²) in [5.74, 6) is 0.361. The van der Waals surface area contributed by atoms with Gasteiger partial charge in [-0.2, -0.15) is 10.5 Å². The van der Waals surface area contributed by atoms with Gasteiger partial charge in [0, 0.05) is 12.0 Å². The van der Waals surface area contributed by atoms with E-state index in [1.165, 1.54) is 32.1 Å². The first-order valence-corrected chi connectivity index (χ1v) is 9.29. The number of nitrogens with zero attached hydrogens (tertiary/aromatic N) is 2. The number of unbranched alkanes of at least 4 members (excludes halogenated alkanes) is 5. The molecule has 0 heterocycles. The van der Waals surface area contributed by atoms with E-state index in [9.17, 15) is 4.79 Å². The average Bonchev–Trinajstić information content (AvgIpc) is 2.52. The molecule has 1 fully saturated rings. The second-order valence-corrected chi connectivity index (χ2v) is 6.48. The molecule has 1 unspecified atom stereocenters. The Kier molecular flexibility index (Phi) is 9.08. The van der Waals surface area contributed by atoms with Gasteiger partial charge in [0.15, 0.2) is 5.78 Å². The standard InChI is InChI=1S/C18H23IN2O/c1-2-3-4-5-6-7-8-14-9-16(15(12-20)13-21)17(11-19)18(22)10-14/h11,14H,2-10H2,1H3/b17-11-. The van der Waals surface area contributed by atoms with E-state index < -0.39 is 0 Å². The zero-order valence-electron chi connectivity index (χ0n) is 13.2. The predicted octanol–water partition coefficient (Wildman–Crippen LogP) is 5.38. The van der Waals surface area contributed by atoms with E-state index in [4.69, 9.17) is 10.5 Å². The Labute approximate surface area is 147 Å². The topological polar surface area (TPSA) is 64.7 Å².